The second-order valence-electron chi connectivity index (χ2n) is 6.51. The lowest BCUT2D eigenvalue weighted by atomic mass is 10.0. The maximum atomic E-state index is 12.8. The highest BCUT2D eigenvalue weighted by atomic mass is 32.2. The summed E-state index contributed by atoms with van der Waals surface area (Å²) in [5.41, 5.74) is 6.01. The van der Waals surface area contributed by atoms with Crippen molar-refractivity contribution >= 4 is 52.1 Å². The van der Waals surface area contributed by atoms with E-state index in [2.05, 4.69) is 6.92 Å². The Morgan fingerprint density at radius 3 is 2.22 bits per heavy atom. The van der Waals surface area contributed by atoms with Crippen LogP contribution in [0.2, 0.25) is 0 Å². The highest BCUT2D eigenvalue weighted by Gasteiger charge is 2.21. The molecule has 1 saturated heterocycles. The number of carbonyl (C=O) groups excluding carboxylic acids is 1. The molecule has 2 heterocycles. The van der Waals surface area contributed by atoms with E-state index < -0.39 is 0 Å². The first-order chi connectivity index (χ1) is 13.1. The quantitative estimate of drug-likeness (QED) is 0.572. The largest absolute Gasteiger partial charge is 0.289 e. The van der Waals surface area contributed by atoms with Crippen LogP contribution >= 0.6 is 23.5 Å². The predicted octanol–water partition coefficient (Wildman–Crippen LogP) is 6.20. The molecule has 2 aliphatic heterocycles. The number of thioether (sulfide) groups is 2. The summed E-state index contributed by atoms with van der Waals surface area (Å²) in [6.45, 7) is 4.09. The molecule has 0 amide bonds. The summed E-state index contributed by atoms with van der Waals surface area (Å²) in [7, 11) is 0. The van der Waals surface area contributed by atoms with Crippen LogP contribution < -0.4 is 0 Å². The number of hydrogen-bond acceptors (Lipinski definition) is 5. The van der Waals surface area contributed by atoms with Crippen LogP contribution in [-0.4, -0.2) is 28.7 Å². The predicted molar refractivity (Wildman–Crippen MR) is 118 cm³/mol. The van der Waals surface area contributed by atoms with Gasteiger partial charge in [0.1, 0.15) is 0 Å². The number of carbonyl (C=O) groups is 1. The summed E-state index contributed by atoms with van der Waals surface area (Å²) >= 11 is 3.79. The normalized spacial score (nSPS) is 17.0. The van der Waals surface area contributed by atoms with E-state index in [4.69, 9.17) is 9.98 Å². The molecule has 27 heavy (non-hydrogen) atoms. The van der Waals surface area contributed by atoms with Crippen LogP contribution in [0.3, 0.4) is 0 Å². The van der Waals surface area contributed by atoms with E-state index in [-0.39, 0.29) is 5.78 Å². The molecule has 0 aromatic heterocycles. The van der Waals surface area contributed by atoms with Gasteiger partial charge in [-0.15, -0.1) is 23.5 Å². The van der Waals surface area contributed by atoms with Gasteiger partial charge in [0.25, 0.3) is 0 Å². The van der Waals surface area contributed by atoms with Gasteiger partial charge in [-0.2, -0.15) is 0 Å². The summed E-state index contributed by atoms with van der Waals surface area (Å²) < 4.78 is 1.32. The number of ketones is 1. The van der Waals surface area contributed by atoms with E-state index in [0.717, 1.165) is 39.9 Å². The molecule has 2 aromatic carbocycles. The average molecular weight is 393 g/mol. The molecule has 0 bridgehead atoms. The van der Waals surface area contributed by atoms with Gasteiger partial charge in [0.15, 0.2) is 5.78 Å². The van der Waals surface area contributed by atoms with E-state index in [1.807, 2.05) is 79.0 Å². The van der Waals surface area contributed by atoms with Crippen LogP contribution in [0.1, 0.15) is 36.2 Å². The lowest BCUT2D eigenvalue weighted by Gasteiger charge is -2.17. The fourth-order valence-electron chi connectivity index (χ4n) is 3.21. The molecule has 136 valence electrons. The third-order valence-corrected chi connectivity index (χ3v) is 7.16. The van der Waals surface area contributed by atoms with Gasteiger partial charge in [-0.05, 0) is 50.0 Å². The highest BCUT2D eigenvalue weighted by molar-refractivity contribution is 8.22. The SMILES string of the molecule is CC1=Nc2ccc(C(=O)c3ccccc3)cc2N=C(C)C1=C1SCCCS1. The second-order valence-corrected chi connectivity index (χ2v) is 8.97. The molecule has 2 aromatic rings. The van der Waals surface area contributed by atoms with Crippen molar-refractivity contribution in [3.8, 4) is 0 Å². The standard InChI is InChI=1S/C22H20N2OS2/c1-14-20(22-26-11-6-12-27-22)15(2)24-19-13-17(9-10-18(19)23-14)21(25)16-7-4-3-5-8-16/h3-5,7-10,13H,6,11-12H2,1-2H3. The van der Waals surface area contributed by atoms with Crippen molar-refractivity contribution in [3.05, 3.63) is 69.5 Å². The monoisotopic (exact) mass is 392 g/mol. The van der Waals surface area contributed by atoms with E-state index in [1.54, 1.807) is 0 Å². The number of benzene rings is 2. The fourth-order valence-corrected chi connectivity index (χ4v) is 6.05. The Morgan fingerprint density at radius 1 is 0.852 bits per heavy atom. The number of aliphatic imine (C=N–C) groups is 2. The Kier molecular flexibility index (Phi) is 5.32. The van der Waals surface area contributed by atoms with E-state index in [9.17, 15) is 4.79 Å². The zero-order valence-corrected chi connectivity index (χ0v) is 17.0. The zero-order chi connectivity index (χ0) is 18.8. The number of hydrogen-bond donors (Lipinski definition) is 0. The van der Waals surface area contributed by atoms with E-state index in [0.29, 0.717) is 11.1 Å². The first-order valence-corrected chi connectivity index (χ1v) is 11.0. The van der Waals surface area contributed by atoms with Gasteiger partial charge in [0, 0.05) is 28.1 Å². The number of fused-ring (bicyclic) bond motifs is 1. The summed E-state index contributed by atoms with van der Waals surface area (Å²) in [6, 6.07) is 15.0. The lowest BCUT2D eigenvalue weighted by Crippen LogP contribution is -2.09. The first-order valence-electron chi connectivity index (χ1n) is 8.98. The maximum absolute atomic E-state index is 12.8. The van der Waals surface area contributed by atoms with Crippen molar-refractivity contribution in [1.29, 1.82) is 0 Å². The first kappa shape index (κ1) is 18.3. The molecule has 0 saturated carbocycles. The molecule has 0 aliphatic carbocycles. The molecule has 5 heteroatoms. The molecule has 3 nitrogen and oxygen atoms in total. The van der Waals surface area contributed by atoms with Gasteiger partial charge in [-0.25, -0.2) is 0 Å². The topological polar surface area (TPSA) is 41.8 Å². The summed E-state index contributed by atoms with van der Waals surface area (Å²) in [4.78, 5) is 22.4. The van der Waals surface area contributed by atoms with Crippen LogP contribution in [0.5, 0.6) is 0 Å². The van der Waals surface area contributed by atoms with Gasteiger partial charge in [-0.1, -0.05) is 30.3 Å². The molecular weight excluding hydrogens is 372 g/mol. The third-order valence-electron chi connectivity index (χ3n) is 4.53. The molecule has 4 rings (SSSR count). The summed E-state index contributed by atoms with van der Waals surface area (Å²) in [6.07, 6.45) is 1.24. The Hall–Kier alpha value is -2.11. The average Bonchev–Trinajstić information content (AvgIpc) is 2.82. The van der Waals surface area contributed by atoms with Crippen molar-refractivity contribution < 1.29 is 4.79 Å². The molecular formula is C22H20N2OS2. The Labute approximate surface area is 168 Å². The fraction of sp³-hybridized carbons (Fsp3) is 0.227. The van der Waals surface area contributed by atoms with E-state index >= 15 is 0 Å². The number of nitrogens with zero attached hydrogens (tertiary/aromatic N) is 2. The molecule has 0 N–H and O–H groups in total. The second kappa shape index (κ2) is 7.87. The molecule has 0 radical (unpaired) electrons. The van der Waals surface area contributed by atoms with Gasteiger partial charge in [-0.3, -0.25) is 14.8 Å². The third kappa shape index (κ3) is 3.80. The van der Waals surface area contributed by atoms with Crippen molar-refractivity contribution in [2.24, 2.45) is 9.98 Å². The smallest absolute Gasteiger partial charge is 0.193 e. The van der Waals surface area contributed by atoms with Gasteiger partial charge in [0.05, 0.1) is 15.6 Å². The van der Waals surface area contributed by atoms with Crippen LogP contribution in [0.25, 0.3) is 0 Å². The van der Waals surface area contributed by atoms with E-state index in [1.165, 1.54) is 10.7 Å². The van der Waals surface area contributed by atoms with Gasteiger partial charge < -0.3 is 0 Å². The molecule has 0 unspecified atom stereocenters. The minimum atomic E-state index is 0.00757. The molecule has 0 atom stereocenters. The summed E-state index contributed by atoms with van der Waals surface area (Å²) in [5, 5.41) is 0. The molecule has 1 fully saturated rings. The van der Waals surface area contributed by atoms with Crippen LogP contribution in [0.15, 0.2) is 68.3 Å². The Bertz CT molecular complexity index is 983. The Balaban J connectivity index is 1.76. The van der Waals surface area contributed by atoms with Crippen molar-refractivity contribution in [1.82, 2.24) is 0 Å². The number of allylic oxidation sites excluding steroid dienone is 1. The van der Waals surface area contributed by atoms with Crippen LogP contribution in [-0.2, 0) is 0 Å². The highest BCUT2D eigenvalue weighted by Crippen LogP contribution is 2.41. The van der Waals surface area contributed by atoms with Crippen molar-refractivity contribution in [2.75, 3.05) is 11.5 Å². The van der Waals surface area contributed by atoms with Gasteiger partial charge >= 0.3 is 0 Å². The molecule has 2 aliphatic rings. The van der Waals surface area contributed by atoms with Gasteiger partial charge in [0.2, 0.25) is 0 Å². The van der Waals surface area contributed by atoms with Crippen LogP contribution in [0.4, 0.5) is 11.4 Å². The van der Waals surface area contributed by atoms with Crippen molar-refractivity contribution in [3.63, 3.8) is 0 Å². The lowest BCUT2D eigenvalue weighted by molar-refractivity contribution is 0.103. The van der Waals surface area contributed by atoms with Crippen LogP contribution in [0, 0.1) is 0 Å². The van der Waals surface area contributed by atoms with Crippen molar-refractivity contribution in [2.45, 2.75) is 20.3 Å². The molecule has 0 spiro atoms. The minimum Gasteiger partial charge on any atom is -0.289 e. The summed E-state index contributed by atoms with van der Waals surface area (Å²) in [5.74, 6) is 2.30. The maximum Gasteiger partial charge on any atom is 0.193 e. The Morgan fingerprint density at radius 2 is 1.52 bits per heavy atom. The number of rotatable bonds is 2. The zero-order valence-electron chi connectivity index (χ0n) is 15.4. The minimum absolute atomic E-state index is 0.00757.